The van der Waals surface area contributed by atoms with Gasteiger partial charge in [0, 0.05) is 44.3 Å². The van der Waals surface area contributed by atoms with Crippen LogP contribution in [-0.2, 0) is 0 Å². The summed E-state index contributed by atoms with van der Waals surface area (Å²) in [5.74, 6) is 0.100. The van der Waals surface area contributed by atoms with Gasteiger partial charge in [-0.25, -0.2) is 4.39 Å². The number of rotatable bonds is 4. The van der Waals surface area contributed by atoms with Crippen molar-refractivity contribution in [3.8, 4) is 0 Å². The van der Waals surface area contributed by atoms with Gasteiger partial charge in [0.25, 0.3) is 0 Å². The molecule has 0 spiro atoms. The van der Waals surface area contributed by atoms with Gasteiger partial charge in [-0.3, -0.25) is 4.90 Å². The molecule has 1 saturated heterocycles. The summed E-state index contributed by atoms with van der Waals surface area (Å²) >= 11 is 0. The third-order valence-electron chi connectivity index (χ3n) is 3.72. The van der Waals surface area contributed by atoms with Crippen LogP contribution in [0.25, 0.3) is 0 Å². The molecule has 1 unspecified atom stereocenters. The fourth-order valence-corrected chi connectivity index (χ4v) is 2.42. The van der Waals surface area contributed by atoms with Gasteiger partial charge in [0.05, 0.1) is 0 Å². The number of amidine groups is 1. The Morgan fingerprint density at radius 2 is 1.90 bits per heavy atom. The third-order valence-corrected chi connectivity index (χ3v) is 3.72. The van der Waals surface area contributed by atoms with E-state index in [4.69, 9.17) is 10.9 Å². The van der Waals surface area contributed by atoms with E-state index in [1.165, 1.54) is 12.1 Å². The summed E-state index contributed by atoms with van der Waals surface area (Å²) in [4.78, 5) is 4.53. The van der Waals surface area contributed by atoms with Gasteiger partial charge >= 0.3 is 0 Å². The fourth-order valence-electron chi connectivity index (χ4n) is 2.42. The molecule has 0 bridgehead atoms. The lowest BCUT2D eigenvalue weighted by atomic mass is 10.1. The summed E-state index contributed by atoms with van der Waals surface area (Å²) in [5, 5.41) is 11.7. The summed E-state index contributed by atoms with van der Waals surface area (Å²) < 4.78 is 12.9. The zero-order valence-corrected chi connectivity index (χ0v) is 11.7. The molecule has 3 N–H and O–H groups in total. The molecule has 0 saturated carbocycles. The van der Waals surface area contributed by atoms with Gasteiger partial charge in [0.2, 0.25) is 0 Å². The first-order chi connectivity index (χ1) is 9.60. The van der Waals surface area contributed by atoms with Gasteiger partial charge in [-0.2, -0.15) is 0 Å². The smallest absolute Gasteiger partial charge is 0.143 e. The second kappa shape index (κ2) is 6.56. The summed E-state index contributed by atoms with van der Waals surface area (Å²) in [7, 11) is 0. The Morgan fingerprint density at radius 3 is 2.45 bits per heavy atom. The van der Waals surface area contributed by atoms with Crippen LogP contribution in [0.1, 0.15) is 6.92 Å². The Hall–Kier alpha value is -1.82. The Balaban J connectivity index is 1.85. The Bertz CT molecular complexity index is 455. The average molecular weight is 280 g/mol. The van der Waals surface area contributed by atoms with Crippen molar-refractivity contribution in [2.75, 3.05) is 37.6 Å². The van der Waals surface area contributed by atoms with E-state index in [9.17, 15) is 4.39 Å². The van der Waals surface area contributed by atoms with Crippen molar-refractivity contribution in [3.63, 3.8) is 0 Å². The van der Waals surface area contributed by atoms with Crippen molar-refractivity contribution in [1.29, 1.82) is 0 Å². The molecule has 110 valence electrons. The third kappa shape index (κ3) is 3.60. The summed E-state index contributed by atoms with van der Waals surface area (Å²) in [6.45, 7) is 6.36. The highest BCUT2D eigenvalue weighted by Crippen LogP contribution is 2.17. The second-order valence-electron chi connectivity index (χ2n) is 5.19. The minimum atomic E-state index is -0.208. The molecule has 1 fully saturated rings. The molecule has 1 aliphatic rings. The first kappa shape index (κ1) is 14.6. The van der Waals surface area contributed by atoms with Crippen LogP contribution < -0.4 is 10.6 Å². The SMILES string of the molecule is CC(CN1CCN(c2ccc(F)cc2)CC1)/C(N)=N/O. The Morgan fingerprint density at radius 1 is 1.30 bits per heavy atom. The maximum absolute atomic E-state index is 12.9. The van der Waals surface area contributed by atoms with Crippen molar-refractivity contribution in [3.05, 3.63) is 30.1 Å². The molecule has 1 aliphatic heterocycles. The number of nitrogens with zero attached hydrogens (tertiary/aromatic N) is 3. The van der Waals surface area contributed by atoms with E-state index < -0.39 is 0 Å². The molecule has 1 heterocycles. The van der Waals surface area contributed by atoms with Gasteiger partial charge < -0.3 is 15.8 Å². The van der Waals surface area contributed by atoms with E-state index in [2.05, 4.69) is 15.0 Å². The molecule has 1 aromatic rings. The highest BCUT2D eigenvalue weighted by atomic mass is 19.1. The lowest BCUT2D eigenvalue weighted by molar-refractivity contribution is 0.240. The zero-order valence-electron chi connectivity index (χ0n) is 11.7. The molecule has 0 amide bonds. The number of nitrogens with two attached hydrogens (primary N) is 1. The van der Waals surface area contributed by atoms with Crippen LogP contribution in [0.3, 0.4) is 0 Å². The number of hydrogen-bond acceptors (Lipinski definition) is 4. The fraction of sp³-hybridized carbons (Fsp3) is 0.500. The molecule has 0 aliphatic carbocycles. The van der Waals surface area contributed by atoms with Crippen LogP contribution in [0, 0.1) is 11.7 Å². The van der Waals surface area contributed by atoms with Crippen molar-refractivity contribution in [2.24, 2.45) is 16.8 Å². The van der Waals surface area contributed by atoms with E-state index in [-0.39, 0.29) is 17.6 Å². The van der Waals surface area contributed by atoms with E-state index in [1.54, 1.807) is 0 Å². The molecule has 6 heteroatoms. The lowest BCUT2D eigenvalue weighted by Gasteiger charge is -2.37. The molecule has 0 aromatic heterocycles. The van der Waals surface area contributed by atoms with Crippen LogP contribution in [0.5, 0.6) is 0 Å². The quantitative estimate of drug-likeness (QED) is 0.378. The van der Waals surface area contributed by atoms with Crippen LogP contribution in [0.2, 0.25) is 0 Å². The topological polar surface area (TPSA) is 65.1 Å². The maximum Gasteiger partial charge on any atom is 0.143 e. The molecule has 0 radical (unpaired) electrons. The Kier molecular flexibility index (Phi) is 4.79. The first-order valence-electron chi connectivity index (χ1n) is 6.80. The number of piperazine rings is 1. The van der Waals surface area contributed by atoms with Crippen molar-refractivity contribution < 1.29 is 9.60 Å². The van der Waals surface area contributed by atoms with Crippen molar-refractivity contribution in [1.82, 2.24) is 4.90 Å². The number of oxime groups is 1. The van der Waals surface area contributed by atoms with Crippen molar-refractivity contribution >= 4 is 11.5 Å². The molecule has 5 nitrogen and oxygen atoms in total. The van der Waals surface area contributed by atoms with Gasteiger partial charge in [0.1, 0.15) is 11.7 Å². The monoisotopic (exact) mass is 280 g/mol. The zero-order chi connectivity index (χ0) is 14.5. The van der Waals surface area contributed by atoms with E-state index in [0.717, 1.165) is 38.4 Å². The van der Waals surface area contributed by atoms with Gasteiger partial charge in [-0.15, -0.1) is 0 Å². The number of halogens is 1. The minimum Gasteiger partial charge on any atom is -0.409 e. The van der Waals surface area contributed by atoms with Crippen LogP contribution in [-0.4, -0.2) is 48.7 Å². The van der Waals surface area contributed by atoms with E-state index >= 15 is 0 Å². The lowest BCUT2D eigenvalue weighted by Crippen LogP contribution is -2.48. The average Bonchev–Trinajstić information content (AvgIpc) is 2.48. The maximum atomic E-state index is 12.9. The highest BCUT2D eigenvalue weighted by molar-refractivity contribution is 5.82. The molecule has 1 aromatic carbocycles. The van der Waals surface area contributed by atoms with Crippen LogP contribution in [0.4, 0.5) is 10.1 Å². The minimum absolute atomic E-state index is 0.0392. The molecular formula is C14H21FN4O. The largest absolute Gasteiger partial charge is 0.409 e. The number of benzene rings is 1. The van der Waals surface area contributed by atoms with Gasteiger partial charge in [0.15, 0.2) is 0 Å². The van der Waals surface area contributed by atoms with Gasteiger partial charge in [-0.05, 0) is 24.3 Å². The number of hydrogen-bond donors (Lipinski definition) is 2. The predicted molar refractivity (Wildman–Crippen MR) is 77.6 cm³/mol. The second-order valence-corrected chi connectivity index (χ2v) is 5.19. The summed E-state index contributed by atoms with van der Waals surface area (Å²) in [5.41, 5.74) is 6.64. The number of anilines is 1. The first-order valence-corrected chi connectivity index (χ1v) is 6.80. The highest BCUT2D eigenvalue weighted by Gasteiger charge is 2.20. The molecule has 2 rings (SSSR count). The van der Waals surface area contributed by atoms with E-state index in [1.807, 2.05) is 19.1 Å². The standard InChI is InChI=1S/C14H21FN4O/c1-11(14(16)17-20)10-18-6-8-19(9-7-18)13-4-2-12(15)3-5-13/h2-5,11,20H,6-10H2,1H3,(H2,16,17). The summed E-state index contributed by atoms with van der Waals surface area (Å²) in [6, 6.07) is 6.60. The van der Waals surface area contributed by atoms with Crippen LogP contribution in [0.15, 0.2) is 29.4 Å². The molecular weight excluding hydrogens is 259 g/mol. The predicted octanol–water partition coefficient (Wildman–Crippen LogP) is 1.33. The van der Waals surface area contributed by atoms with E-state index in [0.29, 0.717) is 0 Å². The molecule has 20 heavy (non-hydrogen) atoms. The summed E-state index contributed by atoms with van der Waals surface area (Å²) in [6.07, 6.45) is 0. The van der Waals surface area contributed by atoms with Gasteiger partial charge in [-0.1, -0.05) is 12.1 Å². The Labute approximate surface area is 118 Å². The molecule has 1 atom stereocenters. The van der Waals surface area contributed by atoms with Crippen LogP contribution >= 0.6 is 0 Å². The normalized spacial score (nSPS) is 19.1. The van der Waals surface area contributed by atoms with Crippen molar-refractivity contribution in [2.45, 2.75) is 6.92 Å².